The number of nitrogens with one attached hydrogen (secondary N) is 1. The third kappa shape index (κ3) is 2.63. The summed E-state index contributed by atoms with van der Waals surface area (Å²) < 4.78 is 0. The molecule has 0 bridgehead atoms. The molecule has 1 aliphatic rings. The first-order chi connectivity index (χ1) is 10.7. The molecule has 2 aromatic rings. The predicted octanol–water partition coefficient (Wildman–Crippen LogP) is 3.01. The predicted molar refractivity (Wildman–Crippen MR) is 87.1 cm³/mol. The maximum Gasteiger partial charge on any atom is 0.258 e. The Bertz CT molecular complexity index is 752. The van der Waals surface area contributed by atoms with E-state index in [2.05, 4.69) is 11.9 Å². The second-order valence-electron chi connectivity index (χ2n) is 5.11. The average Bonchev–Trinajstić information content (AvgIpc) is 2.98. The Morgan fingerprint density at radius 3 is 2.77 bits per heavy atom. The number of hydrogen-bond acceptors (Lipinski definition) is 2. The topological polar surface area (TPSA) is 49.4 Å². The van der Waals surface area contributed by atoms with Gasteiger partial charge in [-0.1, -0.05) is 30.8 Å². The minimum atomic E-state index is -0.295. The number of hydrogen-bond donors (Lipinski definition) is 1. The van der Waals surface area contributed by atoms with Crippen LogP contribution in [0.15, 0.2) is 61.2 Å². The standard InChI is InChI=1S/C18H16N2O2/c1-2-17(21)19-15-8-5-7-14(12-15)18(22)20-11-10-13-6-3-4-9-16(13)20/h2-9,12H,1,10-11H2,(H,19,21). The van der Waals surface area contributed by atoms with Gasteiger partial charge in [0.2, 0.25) is 5.91 Å². The SMILES string of the molecule is C=CC(=O)Nc1cccc(C(=O)N2CCc3ccccc32)c1. The van der Waals surface area contributed by atoms with Crippen molar-refractivity contribution in [1.82, 2.24) is 0 Å². The number of anilines is 2. The van der Waals surface area contributed by atoms with Gasteiger partial charge in [-0.15, -0.1) is 0 Å². The molecule has 0 aromatic heterocycles. The molecule has 110 valence electrons. The summed E-state index contributed by atoms with van der Waals surface area (Å²) >= 11 is 0. The van der Waals surface area contributed by atoms with Crippen LogP contribution < -0.4 is 10.2 Å². The van der Waals surface area contributed by atoms with Crippen LogP contribution >= 0.6 is 0 Å². The van der Waals surface area contributed by atoms with Crippen molar-refractivity contribution in [3.63, 3.8) is 0 Å². The summed E-state index contributed by atoms with van der Waals surface area (Å²) in [6.07, 6.45) is 2.07. The van der Waals surface area contributed by atoms with Crippen molar-refractivity contribution >= 4 is 23.2 Å². The maximum absolute atomic E-state index is 12.7. The third-order valence-electron chi connectivity index (χ3n) is 3.69. The second-order valence-corrected chi connectivity index (χ2v) is 5.11. The molecule has 0 atom stereocenters. The summed E-state index contributed by atoms with van der Waals surface area (Å²) in [6, 6.07) is 14.9. The van der Waals surface area contributed by atoms with Crippen LogP contribution in [0, 0.1) is 0 Å². The lowest BCUT2D eigenvalue weighted by Gasteiger charge is -2.17. The molecule has 0 radical (unpaired) electrons. The number of carbonyl (C=O) groups excluding carboxylic acids is 2. The van der Waals surface area contributed by atoms with E-state index < -0.39 is 0 Å². The molecule has 0 aliphatic carbocycles. The van der Waals surface area contributed by atoms with E-state index in [9.17, 15) is 9.59 Å². The van der Waals surface area contributed by atoms with E-state index in [0.717, 1.165) is 12.1 Å². The van der Waals surface area contributed by atoms with Crippen LogP contribution in [0.3, 0.4) is 0 Å². The minimum absolute atomic E-state index is 0.0559. The summed E-state index contributed by atoms with van der Waals surface area (Å²) in [7, 11) is 0. The van der Waals surface area contributed by atoms with Gasteiger partial charge in [0.15, 0.2) is 0 Å². The number of fused-ring (bicyclic) bond motifs is 1. The van der Waals surface area contributed by atoms with Crippen molar-refractivity contribution in [3.05, 3.63) is 72.3 Å². The summed E-state index contributed by atoms with van der Waals surface area (Å²) in [4.78, 5) is 25.8. The normalized spacial score (nSPS) is 12.6. The van der Waals surface area contributed by atoms with Gasteiger partial charge in [-0.25, -0.2) is 0 Å². The van der Waals surface area contributed by atoms with Gasteiger partial charge in [0.25, 0.3) is 5.91 Å². The monoisotopic (exact) mass is 292 g/mol. The summed E-state index contributed by atoms with van der Waals surface area (Å²) in [5, 5.41) is 2.67. The molecule has 1 N–H and O–H groups in total. The van der Waals surface area contributed by atoms with Crippen molar-refractivity contribution in [1.29, 1.82) is 0 Å². The largest absolute Gasteiger partial charge is 0.323 e. The molecular weight excluding hydrogens is 276 g/mol. The van der Waals surface area contributed by atoms with E-state index in [1.807, 2.05) is 24.3 Å². The molecule has 0 saturated heterocycles. The maximum atomic E-state index is 12.7. The van der Waals surface area contributed by atoms with E-state index in [1.54, 1.807) is 29.2 Å². The van der Waals surface area contributed by atoms with Crippen molar-refractivity contribution < 1.29 is 9.59 Å². The quantitative estimate of drug-likeness (QED) is 0.884. The van der Waals surface area contributed by atoms with Crippen molar-refractivity contribution in [2.75, 3.05) is 16.8 Å². The van der Waals surface area contributed by atoms with Gasteiger partial charge < -0.3 is 10.2 Å². The minimum Gasteiger partial charge on any atom is -0.323 e. The number of rotatable bonds is 3. The van der Waals surface area contributed by atoms with Gasteiger partial charge in [0.05, 0.1) is 0 Å². The number of para-hydroxylation sites is 1. The zero-order valence-electron chi connectivity index (χ0n) is 12.1. The van der Waals surface area contributed by atoms with Crippen LogP contribution in [0.25, 0.3) is 0 Å². The molecule has 0 unspecified atom stereocenters. The molecule has 1 aliphatic heterocycles. The average molecular weight is 292 g/mol. The molecule has 22 heavy (non-hydrogen) atoms. The lowest BCUT2D eigenvalue weighted by atomic mass is 10.1. The third-order valence-corrected chi connectivity index (χ3v) is 3.69. The first-order valence-corrected chi connectivity index (χ1v) is 7.12. The molecule has 1 heterocycles. The lowest BCUT2D eigenvalue weighted by Crippen LogP contribution is -2.28. The molecule has 4 nitrogen and oxygen atoms in total. The van der Waals surface area contributed by atoms with E-state index in [0.29, 0.717) is 17.8 Å². The smallest absolute Gasteiger partial charge is 0.258 e. The molecule has 2 amide bonds. The Labute approximate surface area is 129 Å². The number of benzene rings is 2. The van der Waals surface area contributed by atoms with Crippen LogP contribution in [0.4, 0.5) is 11.4 Å². The Morgan fingerprint density at radius 2 is 1.95 bits per heavy atom. The highest BCUT2D eigenvalue weighted by Gasteiger charge is 2.25. The second kappa shape index (κ2) is 5.85. The van der Waals surface area contributed by atoms with Crippen LogP contribution in [0.2, 0.25) is 0 Å². The Balaban J connectivity index is 1.86. The number of nitrogens with zero attached hydrogens (tertiary/aromatic N) is 1. The molecule has 3 rings (SSSR count). The Morgan fingerprint density at radius 1 is 1.14 bits per heavy atom. The molecule has 0 fully saturated rings. The first kappa shape index (κ1) is 14.1. The Hall–Kier alpha value is -2.88. The van der Waals surface area contributed by atoms with Crippen molar-refractivity contribution in [2.24, 2.45) is 0 Å². The lowest BCUT2D eigenvalue weighted by molar-refractivity contribution is -0.111. The summed E-state index contributed by atoms with van der Waals surface area (Å²) in [5.74, 6) is -0.351. The zero-order chi connectivity index (χ0) is 15.5. The van der Waals surface area contributed by atoms with E-state index in [1.165, 1.54) is 11.6 Å². The molecular formula is C18H16N2O2. The fourth-order valence-corrected chi connectivity index (χ4v) is 2.63. The van der Waals surface area contributed by atoms with E-state index in [-0.39, 0.29) is 11.8 Å². The van der Waals surface area contributed by atoms with Crippen LogP contribution in [-0.4, -0.2) is 18.4 Å². The Kier molecular flexibility index (Phi) is 3.74. The molecule has 0 saturated carbocycles. The summed E-state index contributed by atoms with van der Waals surface area (Å²) in [6.45, 7) is 4.10. The van der Waals surface area contributed by atoms with Crippen LogP contribution in [0.5, 0.6) is 0 Å². The van der Waals surface area contributed by atoms with Crippen LogP contribution in [0.1, 0.15) is 15.9 Å². The molecule has 4 heteroatoms. The van der Waals surface area contributed by atoms with Crippen molar-refractivity contribution in [2.45, 2.75) is 6.42 Å². The van der Waals surface area contributed by atoms with E-state index >= 15 is 0 Å². The fourth-order valence-electron chi connectivity index (χ4n) is 2.63. The van der Waals surface area contributed by atoms with Gasteiger partial charge in [-0.05, 0) is 42.3 Å². The van der Waals surface area contributed by atoms with Gasteiger partial charge in [0, 0.05) is 23.5 Å². The fraction of sp³-hybridized carbons (Fsp3) is 0.111. The number of carbonyl (C=O) groups is 2. The highest BCUT2D eigenvalue weighted by atomic mass is 16.2. The highest BCUT2D eigenvalue weighted by molar-refractivity contribution is 6.08. The first-order valence-electron chi connectivity index (χ1n) is 7.12. The van der Waals surface area contributed by atoms with Gasteiger partial charge in [0.1, 0.15) is 0 Å². The molecule has 2 aromatic carbocycles. The zero-order valence-corrected chi connectivity index (χ0v) is 12.1. The van der Waals surface area contributed by atoms with Gasteiger partial charge in [-0.3, -0.25) is 9.59 Å². The highest BCUT2D eigenvalue weighted by Crippen LogP contribution is 2.29. The molecule has 0 spiro atoms. The van der Waals surface area contributed by atoms with Crippen molar-refractivity contribution in [3.8, 4) is 0 Å². The number of amides is 2. The van der Waals surface area contributed by atoms with Crippen LogP contribution in [-0.2, 0) is 11.2 Å². The summed E-state index contributed by atoms with van der Waals surface area (Å²) in [5.41, 5.74) is 3.29. The van der Waals surface area contributed by atoms with E-state index in [4.69, 9.17) is 0 Å². The van der Waals surface area contributed by atoms with Gasteiger partial charge in [-0.2, -0.15) is 0 Å². The van der Waals surface area contributed by atoms with Gasteiger partial charge >= 0.3 is 0 Å².